The van der Waals surface area contributed by atoms with Gasteiger partial charge in [0.15, 0.2) is 0 Å². The predicted molar refractivity (Wildman–Crippen MR) is 113 cm³/mol. The molecule has 1 atom stereocenters. The number of aromatic carboxylic acids is 1. The van der Waals surface area contributed by atoms with Crippen LogP contribution in [0, 0.1) is 6.92 Å². The summed E-state index contributed by atoms with van der Waals surface area (Å²) in [6.45, 7) is 7.16. The van der Waals surface area contributed by atoms with E-state index in [4.69, 9.17) is 9.15 Å². The molecule has 0 spiro atoms. The maximum absolute atomic E-state index is 11.3. The van der Waals surface area contributed by atoms with Crippen molar-refractivity contribution in [3.8, 4) is 17.1 Å². The molecule has 2 aromatic heterocycles. The van der Waals surface area contributed by atoms with Gasteiger partial charge < -0.3 is 19.6 Å². The normalized spacial score (nSPS) is 14.8. The van der Waals surface area contributed by atoms with E-state index >= 15 is 0 Å². The lowest BCUT2D eigenvalue weighted by atomic mass is 9.91. The Hall–Kier alpha value is -3.28. The Morgan fingerprint density at radius 1 is 1.24 bits per heavy atom. The molecule has 1 aliphatic rings. The van der Waals surface area contributed by atoms with Gasteiger partial charge in [-0.3, -0.25) is 4.98 Å². The lowest BCUT2D eigenvalue weighted by molar-refractivity contribution is 0.0697. The minimum Gasteiger partial charge on any atom is -0.493 e. The van der Waals surface area contributed by atoms with Gasteiger partial charge >= 0.3 is 5.97 Å². The zero-order valence-corrected chi connectivity index (χ0v) is 16.9. The highest BCUT2D eigenvalue weighted by molar-refractivity contribution is 5.93. The summed E-state index contributed by atoms with van der Waals surface area (Å²) in [5.74, 6) is 1.80. The summed E-state index contributed by atoms with van der Waals surface area (Å²) in [5, 5.41) is 12.5. The van der Waals surface area contributed by atoms with Gasteiger partial charge in [0.2, 0.25) is 0 Å². The number of benzene rings is 1. The first-order valence-corrected chi connectivity index (χ1v) is 9.86. The van der Waals surface area contributed by atoms with Crippen LogP contribution in [-0.2, 0) is 0 Å². The van der Waals surface area contributed by atoms with Gasteiger partial charge in [0.05, 0.1) is 24.1 Å². The molecule has 3 aromatic rings. The number of carbonyl (C=O) groups is 1. The van der Waals surface area contributed by atoms with Gasteiger partial charge in [-0.25, -0.2) is 4.79 Å². The van der Waals surface area contributed by atoms with Crippen molar-refractivity contribution in [1.82, 2.24) is 4.98 Å². The summed E-state index contributed by atoms with van der Waals surface area (Å²) in [4.78, 5) is 15.4. The molecule has 6 heteroatoms. The first kappa shape index (κ1) is 20.5. The van der Waals surface area contributed by atoms with Crippen molar-refractivity contribution in [1.29, 1.82) is 0 Å². The van der Waals surface area contributed by atoms with Gasteiger partial charge in [-0.1, -0.05) is 26.0 Å². The number of hydrogen-bond donors (Lipinski definition) is 2. The number of furan rings is 1. The minimum absolute atomic E-state index is 0.223. The molecule has 3 heterocycles. The zero-order valence-electron chi connectivity index (χ0n) is 16.9. The molecule has 0 radical (unpaired) electrons. The molecule has 0 aliphatic carbocycles. The van der Waals surface area contributed by atoms with Gasteiger partial charge in [-0.05, 0) is 43.2 Å². The molecule has 1 aliphatic heterocycles. The van der Waals surface area contributed by atoms with Crippen molar-refractivity contribution in [2.24, 2.45) is 0 Å². The molecule has 0 fully saturated rings. The number of aryl methyl sites for hydroxylation is 1. The fourth-order valence-electron chi connectivity index (χ4n) is 3.37. The van der Waals surface area contributed by atoms with Crippen LogP contribution < -0.4 is 10.1 Å². The molecule has 2 N–H and O–H groups in total. The van der Waals surface area contributed by atoms with Crippen LogP contribution in [0.3, 0.4) is 0 Å². The maximum atomic E-state index is 11.3. The van der Waals surface area contributed by atoms with E-state index in [2.05, 4.69) is 16.4 Å². The Kier molecular flexibility index (Phi) is 6.54. The summed E-state index contributed by atoms with van der Waals surface area (Å²) >= 11 is 0. The SMILES string of the molecule is CC.Cc1ccc(-c2ccc3c(c2)OCCC3CNc2cnccc2C(=O)O)o1. The van der Waals surface area contributed by atoms with E-state index in [0.29, 0.717) is 18.8 Å². The Morgan fingerprint density at radius 3 is 2.79 bits per heavy atom. The molecule has 1 unspecified atom stereocenters. The Balaban J connectivity index is 0.00000117. The monoisotopic (exact) mass is 394 g/mol. The molecular weight excluding hydrogens is 368 g/mol. The summed E-state index contributed by atoms with van der Waals surface area (Å²) in [6, 6.07) is 11.5. The average Bonchev–Trinajstić information content (AvgIpc) is 3.19. The Bertz CT molecular complexity index is 981. The van der Waals surface area contributed by atoms with Crippen LogP contribution in [0.15, 0.2) is 53.2 Å². The van der Waals surface area contributed by atoms with Gasteiger partial charge in [0, 0.05) is 24.2 Å². The van der Waals surface area contributed by atoms with Crippen LogP contribution in [0.1, 0.15) is 47.9 Å². The molecule has 0 saturated carbocycles. The minimum atomic E-state index is -0.967. The molecular formula is C23H26N2O4. The van der Waals surface area contributed by atoms with E-state index in [9.17, 15) is 9.90 Å². The number of aromatic nitrogens is 1. The molecule has 0 saturated heterocycles. The highest BCUT2D eigenvalue weighted by Gasteiger charge is 2.23. The van der Waals surface area contributed by atoms with E-state index < -0.39 is 5.97 Å². The topological polar surface area (TPSA) is 84.6 Å². The van der Waals surface area contributed by atoms with E-state index in [1.165, 1.54) is 12.3 Å². The number of pyridine rings is 1. The molecule has 4 rings (SSSR count). The van der Waals surface area contributed by atoms with Crippen LogP contribution in [0.4, 0.5) is 5.69 Å². The fraction of sp³-hybridized carbons (Fsp3) is 0.304. The highest BCUT2D eigenvalue weighted by Crippen LogP contribution is 2.37. The lowest BCUT2D eigenvalue weighted by Gasteiger charge is -2.27. The summed E-state index contributed by atoms with van der Waals surface area (Å²) in [7, 11) is 0. The van der Waals surface area contributed by atoms with E-state index in [-0.39, 0.29) is 11.5 Å². The number of fused-ring (bicyclic) bond motifs is 1. The van der Waals surface area contributed by atoms with Gasteiger partial charge in [0.1, 0.15) is 17.3 Å². The highest BCUT2D eigenvalue weighted by atomic mass is 16.5. The number of carboxylic acids is 1. The maximum Gasteiger partial charge on any atom is 0.337 e. The second kappa shape index (κ2) is 9.28. The lowest BCUT2D eigenvalue weighted by Crippen LogP contribution is -2.21. The van der Waals surface area contributed by atoms with E-state index in [0.717, 1.165) is 34.8 Å². The first-order valence-electron chi connectivity index (χ1n) is 9.86. The van der Waals surface area contributed by atoms with Crippen LogP contribution in [0.5, 0.6) is 5.75 Å². The van der Waals surface area contributed by atoms with Crippen LogP contribution in [-0.4, -0.2) is 29.2 Å². The Labute approximate surface area is 170 Å². The Morgan fingerprint density at radius 2 is 2.07 bits per heavy atom. The van der Waals surface area contributed by atoms with Crippen molar-refractivity contribution in [2.45, 2.75) is 33.1 Å². The van der Waals surface area contributed by atoms with E-state index in [1.54, 1.807) is 6.20 Å². The van der Waals surface area contributed by atoms with Crippen molar-refractivity contribution in [3.63, 3.8) is 0 Å². The third kappa shape index (κ3) is 4.59. The van der Waals surface area contributed by atoms with E-state index in [1.807, 2.05) is 45.0 Å². The molecule has 152 valence electrons. The second-order valence-corrected chi connectivity index (χ2v) is 6.60. The number of nitrogens with one attached hydrogen (secondary N) is 1. The quantitative estimate of drug-likeness (QED) is 0.607. The molecule has 6 nitrogen and oxygen atoms in total. The number of nitrogens with zero attached hydrogens (tertiary/aromatic N) is 1. The van der Waals surface area contributed by atoms with Crippen LogP contribution >= 0.6 is 0 Å². The second-order valence-electron chi connectivity index (χ2n) is 6.60. The zero-order chi connectivity index (χ0) is 20.8. The molecule has 1 aromatic carbocycles. The van der Waals surface area contributed by atoms with Crippen molar-refractivity contribution in [2.75, 3.05) is 18.5 Å². The van der Waals surface area contributed by atoms with Crippen molar-refractivity contribution in [3.05, 3.63) is 65.7 Å². The molecule has 0 amide bonds. The van der Waals surface area contributed by atoms with Crippen molar-refractivity contribution < 1.29 is 19.1 Å². The predicted octanol–water partition coefficient (Wildman–Crippen LogP) is 5.35. The number of hydrogen-bond acceptors (Lipinski definition) is 5. The van der Waals surface area contributed by atoms with Gasteiger partial charge in [-0.2, -0.15) is 0 Å². The summed E-state index contributed by atoms with van der Waals surface area (Å²) in [6.07, 6.45) is 3.89. The van der Waals surface area contributed by atoms with Gasteiger partial charge in [-0.15, -0.1) is 0 Å². The fourth-order valence-corrected chi connectivity index (χ4v) is 3.37. The number of ether oxygens (including phenoxy) is 1. The smallest absolute Gasteiger partial charge is 0.337 e. The largest absolute Gasteiger partial charge is 0.493 e. The third-order valence-corrected chi connectivity index (χ3v) is 4.79. The first-order chi connectivity index (χ1) is 14.1. The number of rotatable bonds is 5. The molecule has 29 heavy (non-hydrogen) atoms. The van der Waals surface area contributed by atoms with Crippen molar-refractivity contribution >= 4 is 11.7 Å². The van der Waals surface area contributed by atoms with Crippen LogP contribution in [0.25, 0.3) is 11.3 Å². The third-order valence-electron chi connectivity index (χ3n) is 4.79. The van der Waals surface area contributed by atoms with Gasteiger partial charge in [0.25, 0.3) is 0 Å². The standard InChI is InChI=1S/C21H20N2O4.C2H6/c1-13-2-5-19(27-13)14-3-4-16-15(7-9-26-20(16)10-14)11-23-18-12-22-8-6-17(18)21(24)25;1-2/h2-6,8,10,12,15,23H,7,9,11H2,1H3,(H,24,25);1-2H3. The number of carboxylic acid groups (broad SMARTS) is 1. The summed E-state index contributed by atoms with van der Waals surface area (Å²) in [5.41, 5.74) is 2.85. The van der Waals surface area contributed by atoms with Crippen LogP contribution in [0.2, 0.25) is 0 Å². The average molecular weight is 394 g/mol. The number of anilines is 1. The summed E-state index contributed by atoms with van der Waals surface area (Å²) < 4.78 is 11.6. The molecule has 0 bridgehead atoms.